The highest BCUT2D eigenvalue weighted by Crippen LogP contribution is 2.12. The Morgan fingerprint density at radius 2 is 1.88 bits per heavy atom. The molecule has 2 N–H and O–H groups in total. The molecule has 7 heteroatoms. The number of halogens is 1. The van der Waals surface area contributed by atoms with Crippen LogP contribution in [0, 0.1) is 0 Å². The van der Waals surface area contributed by atoms with Crippen molar-refractivity contribution in [3.63, 3.8) is 0 Å². The third-order valence-electron chi connectivity index (χ3n) is 4.04. The van der Waals surface area contributed by atoms with Crippen LogP contribution in [-0.2, 0) is 10.8 Å². The molecule has 0 bridgehead atoms. The molecule has 0 radical (unpaired) electrons. The molecular weight excluding hydrogens is 435 g/mol. The lowest BCUT2D eigenvalue weighted by atomic mass is 10.1. The first-order chi connectivity index (χ1) is 10.9. The van der Waals surface area contributed by atoms with Gasteiger partial charge in [-0.3, -0.25) is 9.20 Å². The standard InChI is InChI=1S/C17H36N4OS.HI/c1-6-11-21-12-8-15(9-13-21)20-16(18-7-2)19-10-14-23(22)17(3,4)5;/h15H,6-14H2,1-5H3,(H2,18,19,20);1H. The number of guanidine groups is 1. The number of nitrogens with zero attached hydrogens (tertiary/aromatic N) is 2. The Labute approximate surface area is 168 Å². The third kappa shape index (κ3) is 9.56. The fraction of sp³-hybridized carbons (Fsp3) is 0.941. The van der Waals surface area contributed by atoms with Crippen molar-refractivity contribution in [2.45, 2.75) is 64.7 Å². The maximum absolute atomic E-state index is 12.1. The summed E-state index contributed by atoms with van der Waals surface area (Å²) in [5, 5.41) is 6.85. The zero-order chi connectivity index (χ0) is 17.3. The van der Waals surface area contributed by atoms with Crippen LogP contribution < -0.4 is 10.6 Å². The molecule has 1 fully saturated rings. The Morgan fingerprint density at radius 3 is 2.38 bits per heavy atom. The molecule has 0 aromatic heterocycles. The second kappa shape index (κ2) is 12.5. The van der Waals surface area contributed by atoms with E-state index in [1.165, 1.54) is 38.9 Å². The maximum Gasteiger partial charge on any atom is 0.191 e. The molecule has 1 saturated heterocycles. The van der Waals surface area contributed by atoms with Gasteiger partial charge >= 0.3 is 0 Å². The van der Waals surface area contributed by atoms with Crippen molar-refractivity contribution < 1.29 is 4.21 Å². The highest BCUT2D eigenvalue weighted by atomic mass is 127. The predicted octanol–water partition coefficient (Wildman–Crippen LogP) is 2.58. The predicted molar refractivity (Wildman–Crippen MR) is 117 cm³/mol. The van der Waals surface area contributed by atoms with Crippen molar-refractivity contribution in [2.75, 3.05) is 38.5 Å². The second-order valence-electron chi connectivity index (χ2n) is 7.18. The molecule has 5 nitrogen and oxygen atoms in total. The van der Waals surface area contributed by atoms with Gasteiger partial charge in [0.15, 0.2) is 5.96 Å². The summed E-state index contributed by atoms with van der Waals surface area (Å²) in [5.41, 5.74) is 0. The molecular formula is C17H37IN4OS. The number of likely N-dealkylation sites (tertiary alicyclic amines) is 1. The molecule has 1 heterocycles. The Balaban J connectivity index is 0.00000529. The molecule has 1 unspecified atom stereocenters. The minimum Gasteiger partial charge on any atom is -0.357 e. The van der Waals surface area contributed by atoms with Gasteiger partial charge in [0.25, 0.3) is 0 Å². The lowest BCUT2D eigenvalue weighted by Crippen LogP contribution is -2.48. The number of aliphatic imine (C=N–C) groups is 1. The van der Waals surface area contributed by atoms with Gasteiger partial charge in [-0.2, -0.15) is 0 Å². The lowest BCUT2D eigenvalue weighted by molar-refractivity contribution is 0.206. The van der Waals surface area contributed by atoms with Gasteiger partial charge in [0.05, 0.1) is 6.54 Å². The van der Waals surface area contributed by atoms with E-state index >= 15 is 0 Å². The van der Waals surface area contributed by atoms with E-state index in [1.54, 1.807) is 0 Å². The summed E-state index contributed by atoms with van der Waals surface area (Å²) in [6, 6.07) is 0.494. The van der Waals surface area contributed by atoms with Gasteiger partial charge in [-0.1, -0.05) is 6.92 Å². The molecule has 0 spiro atoms. The summed E-state index contributed by atoms with van der Waals surface area (Å²) in [7, 11) is -0.841. The summed E-state index contributed by atoms with van der Waals surface area (Å²) in [5.74, 6) is 1.49. The summed E-state index contributed by atoms with van der Waals surface area (Å²) >= 11 is 0. The largest absolute Gasteiger partial charge is 0.357 e. The minimum absolute atomic E-state index is 0. The van der Waals surface area contributed by atoms with E-state index < -0.39 is 10.8 Å². The molecule has 1 aliphatic rings. The van der Waals surface area contributed by atoms with Gasteiger partial charge in [-0.05, 0) is 53.5 Å². The van der Waals surface area contributed by atoms with Crippen molar-refractivity contribution >= 4 is 40.7 Å². The topological polar surface area (TPSA) is 56.7 Å². The van der Waals surface area contributed by atoms with E-state index in [1.807, 2.05) is 20.8 Å². The molecule has 1 aliphatic heterocycles. The monoisotopic (exact) mass is 472 g/mol. The van der Waals surface area contributed by atoms with E-state index in [0.29, 0.717) is 18.3 Å². The van der Waals surface area contributed by atoms with Crippen molar-refractivity contribution in [3.05, 3.63) is 0 Å². The van der Waals surface area contributed by atoms with E-state index in [9.17, 15) is 4.21 Å². The Bertz CT molecular complexity index is 391. The first-order valence-corrected chi connectivity index (χ1v) is 10.3. The van der Waals surface area contributed by atoms with Crippen molar-refractivity contribution in [1.82, 2.24) is 15.5 Å². The van der Waals surface area contributed by atoms with Gasteiger partial charge in [-0.15, -0.1) is 24.0 Å². The van der Waals surface area contributed by atoms with E-state index in [-0.39, 0.29) is 28.7 Å². The van der Waals surface area contributed by atoms with Crippen LogP contribution in [0.25, 0.3) is 0 Å². The molecule has 0 aromatic carbocycles. The zero-order valence-electron chi connectivity index (χ0n) is 16.1. The van der Waals surface area contributed by atoms with Crippen LogP contribution in [0.5, 0.6) is 0 Å². The van der Waals surface area contributed by atoms with Gasteiger partial charge in [-0.25, -0.2) is 0 Å². The van der Waals surface area contributed by atoms with Crippen molar-refractivity contribution in [3.8, 4) is 0 Å². The smallest absolute Gasteiger partial charge is 0.191 e. The molecule has 1 rings (SSSR count). The first-order valence-electron chi connectivity index (χ1n) is 9.02. The summed E-state index contributed by atoms with van der Waals surface area (Å²) in [6.07, 6.45) is 3.56. The quantitative estimate of drug-likeness (QED) is 0.340. The Kier molecular flexibility index (Phi) is 12.5. The zero-order valence-corrected chi connectivity index (χ0v) is 19.2. The van der Waals surface area contributed by atoms with E-state index in [0.717, 1.165) is 12.5 Å². The first kappa shape index (κ1) is 24.1. The van der Waals surface area contributed by atoms with Gasteiger partial charge < -0.3 is 15.5 Å². The average Bonchev–Trinajstić information content (AvgIpc) is 2.48. The average molecular weight is 472 g/mol. The number of rotatable bonds is 7. The van der Waals surface area contributed by atoms with Crippen LogP contribution in [0.4, 0.5) is 0 Å². The van der Waals surface area contributed by atoms with Crippen LogP contribution in [-0.4, -0.2) is 64.3 Å². The molecule has 0 aliphatic carbocycles. The third-order valence-corrected chi connectivity index (χ3v) is 5.96. The lowest BCUT2D eigenvalue weighted by Gasteiger charge is -2.32. The number of nitrogens with one attached hydrogen (secondary N) is 2. The maximum atomic E-state index is 12.1. The normalized spacial score (nSPS) is 18.8. The fourth-order valence-electron chi connectivity index (χ4n) is 2.68. The second-order valence-corrected chi connectivity index (χ2v) is 9.51. The highest BCUT2D eigenvalue weighted by molar-refractivity contribution is 14.0. The summed E-state index contributed by atoms with van der Waals surface area (Å²) < 4.78 is 11.9. The summed E-state index contributed by atoms with van der Waals surface area (Å²) in [4.78, 5) is 7.14. The Hall–Kier alpha value is 0.110. The number of hydrogen-bond donors (Lipinski definition) is 2. The van der Waals surface area contributed by atoms with Crippen molar-refractivity contribution in [1.29, 1.82) is 0 Å². The summed E-state index contributed by atoms with van der Waals surface area (Å²) in [6.45, 7) is 15.4. The molecule has 0 aromatic rings. The van der Waals surface area contributed by atoms with E-state index in [2.05, 4.69) is 34.4 Å². The van der Waals surface area contributed by atoms with Gasteiger partial charge in [0.2, 0.25) is 0 Å². The number of piperidine rings is 1. The Morgan fingerprint density at radius 1 is 1.25 bits per heavy atom. The van der Waals surface area contributed by atoms with Crippen LogP contribution >= 0.6 is 24.0 Å². The van der Waals surface area contributed by atoms with E-state index in [4.69, 9.17) is 0 Å². The van der Waals surface area contributed by atoms with Crippen molar-refractivity contribution in [2.24, 2.45) is 4.99 Å². The van der Waals surface area contributed by atoms with Crippen LogP contribution in [0.15, 0.2) is 4.99 Å². The molecule has 144 valence electrons. The SMILES string of the molecule is CCCN1CCC(NC(=NCCS(=O)C(C)(C)C)NCC)CC1.I. The molecule has 1 atom stereocenters. The van der Waals surface area contributed by atoms with Crippen LogP contribution in [0.3, 0.4) is 0 Å². The van der Waals surface area contributed by atoms with Crippen LogP contribution in [0.2, 0.25) is 0 Å². The molecule has 0 saturated carbocycles. The fourth-order valence-corrected chi connectivity index (χ4v) is 3.55. The van der Waals surface area contributed by atoms with Gasteiger partial charge in [0.1, 0.15) is 0 Å². The van der Waals surface area contributed by atoms with Gasteiger partial charge in [0, 0.05) is 47.0 Å². The minimum atomic E-state index is -0.841. The van der Waals surface area contributed by atoms with Crippen LogP contribution in [0.1, 0.15) is 53.9 Å². The number of hydrogen-bond acceptors (Lipinski definition) is 3. The highest BCUT2D eigenvalue weighted by Gasteiger charge is 2.20. The molecule has 24 heavy (non-hydrogen) atoms. The molecule has 0 amide bonds.